The Balaban J connectivity index is 2.15. The summed E-state index contributed by atoms with van der Waals surface area (Å²) in [5.74, 6) is -0.658. The molecule has 1 aromatic rings. The van der Waals surface area contributed by atoms with Gasteiger partial charge in [0.25, 0.3) is 0 Å². The van der Waals surface area contributed by atoms with E-state index in [2.05, 4.69) is 5.32 Å². The van der Waals surface area contributed by atoms with Gasteiger partial charge in [0.15, 0.2) is 0 Å². The minimum absolute atomic E-state index is 0.0129. The van der Waals surface area contributed by atoms with Crippen molar-refractivity contribution in [3.8, 4) is 0 Å². The number of rotatable bonds is 8. The van der Waals surface area contributed by atoms with Gasteiger partial charge in [-0.1, -0.05) is 37.3 Å². The minimum atomic E-state index is -0.633. The molecule has 0 aromatic heterocycles. The molecule has 0 bridgehead atoms. The summed E-state index contributed by atoms with van der Waals surface area (Å²) in [6.07, 6.45) is 0.0151. The molecule has 1 aromatic carbocycles. The van der Waals surface area contributed by atoms with Crippen molar-refractivity contribution in [2.75, 3.05) is 6.61 Å². The summed E-state index contributed by atoms with van der Waals surface area (Å²) >= 11 is 0. The molecule has 1 unspecified atom stereocenters. The van der Waals surface area contributed by atoms with Crippen LogP contribution < -0.4 is 5.32 Å². The molecule has 0 heterocycles. The van der Waals surface area contributed by atoms with Crippen LogP contribution in [0.2, 0.25) is 0 Å². The van der Waals surface area contributed by atoms with Crippen LogP contribution in [0.1, 0.15) is 31.7 Å². The van der Waals surface area contributed by atoms with Crippen LogP contribution in [0.4, 0.5) is 0 Å². The van der Waals surface area contributed by atoms with Crippen LogP contribution in [0, 0.1) is 0 Å². The van der Waals surface area contributed by atoms with E-state index >= 15 is 0 Å². The van der Waals surface area contributed by atoms with Gasteiger partial charge in [0.05, 0.1) is 12.5 Å². The van der Waals surface area contributed by atoms with Gasteiger partial charge >= 0.3 is 5.97 Å². The Kier molecular flexibility index (Phi) is 7.35. The van der Waals surface area contributed by atoms with Crippen LogP contribution >= 0.6 is 0 Å². The molecule has 1 rings (SSSR count). The zero-order valence-electron chi connectivity index (χ0n) is 11.7. The number of aliphatic hydroxyl groups excluding tert-OH is 1. The van der Waals surface area contributed by atoms with Crippen molar-refractivity contribution in [3.63, 3.8) is 0 Å². The monoisotopic (exact) mass is 279 g/mol. The number of esters is 1. The molecule has 0 aliphatic rings. The molecule has 0 aliphatic heterocycles. The first-order chi connectivity index (χ1) is 9.61. The highest BCUT2D eigenvalue weighted by Crippen LogP contribution is 1.99. The predicted octanol–water partition coefficient (Wildman–Crippen LogP) is 1.40. The van der Waals surface area contributed by atoms with E-state index in [1.54, 1.807) is 6.92 Å². The average Bonchev–Trinajstić information content (AvgIpc) is 2.49. The third-order valence-electron chi connectivity index (χ3n) is 2.80. The number of hydrogen-bond acceptors (Lipinski definition) is 4. The summed E-state index contributed by atoms with van der Waals surface area (Å²) in [6, 6.07) is 9.54. The van der Waals surface area contributed by atoms with E-state index in [1.807, 2.05) is 30.3 Å². The molecule has 0 aliphatic carbocycles. The molecular weight excluding hydrogens is 258 g/mol. The molecule has 20 heavy (non-hydrogen) atoms. The topological polar surface area (TPSA) is 75.6 Å². The number of ether oxygens (including phenoxy) is 1. The van der Waals surface area contributed by atoms with Crippen molar-refractivity contribution in [2.45, 2.75) is 38.8 Å². The first-order valence-corrected chi connectivity index (χ1v) is 6.76. The predicted molar refractivity (Wildman–Crippen MR) is 74.8 cm³/mol. The first-order valence-electron chi connectivity index (χ1n) is 6.76. The fraction of sp³-hybridized carbons (Fsp3) is 0.467. The Bertz CT molecular complexity index is 419. The summed E-state index contributed by atoms with van der Waals surface area (Å²) in [5, 5.41) is 12.0. The van der Waals surface area contributed by atoms with E-state index in [0.717, 1.165) is 5.56 Å². The van der Waals surface area contributed by atoms with Crippen LogP contribution in [-0.2, 0) is 20.9 Å². The summed E-state index contributed by atoms with van der Waals surface area (Å²) in [7, 11) is 0. The summed E-state index contributed by atoms with van der Waals surface area (Å²) in [6.45, 7) is 2.24. The van der Waals surface area contributed by atoms with E-state index in [-0.39, 0.29) is 25.4 Å². The smallest absolute Gasteiger partial charge is 0.306 e. The van der Waals surface area contributed by atoms with Gasteiger partial charge in [0.2, 0.25) is 5.91 Å². The molecule has 0 spiro atoms. The summed E-state index contributed by atoms with van der Waals surface area (Å²) < 4.78 is 4.84. The standard InChI is InChI=1S/C15H21NO4/c1-2-13(17)11-20-15(19)9-8-14(18)16-10-12-6-4-3-5-7-12/h3-7,13,17H,2,8-11H2,1H3,(H,16,18). The third kappa shape index (κ3) is 6.89. The zero-order valence-corrected chi connectivity index (χ0v) is 11.7. The number of benzene rings is 1. The van der Waals surface area contributed by atoms with Crippen LogP contribution in [-0.4, -0.2) is 29.7 Å². The zero-order chi connectivity index (χ0) is 14.8. The average molecular weight is 279 g/mol. The SMILES string of the molecule is CCC(O)COC(=O)CCC(=O)NCc1ccccc1. The molecule has 0 saturated carbocycles. The Hall–Kier alpha value is -1.88. The molecule has 1 amide bonds. The number of carbonyl (C=O) groups excluding carboxylic acids is 2. The number of hydrogen-bond donors (Lipinski definition) is 2. The Morgan fingerprint density at radius 1 is 1.25 bits per heavy atom. The molecule has 110 valence electrons. The van der Waals surface area contributed by atoms with Gasteiger partial charge < -0.3 is 15.2 Å². The number of amides is 1. The molecular formula is C15H21NO4. The van der Waals surface area contributed by atoms with E-state index in [0.29, 0.717) is 13.0 Å². The van der Waals surface area contributed by atoms with Crippen molar-refractivity contribution in [1.29, 1.82) is 0 Å². The molecule has 0 saturated heterocycles. The first kappa shape index (κ1) is 16.2. The van der Waals surface area contributed by atoms with Gasteiger partial charge in [-0.15, -0.1) is 0 Å². The van der Waals surface area contributed by atoms with E-state index in [9.17, 15) is 14.7 Å². The largest absolute Gasteiger partial charge is 0.463 e. The molecule has 0 radical (unpaired) electrons. The maximum absolute atomic E-state index is 11.5. The molecule has 2 N–H and O–H groups in total. The van der Waals surface area contributed by atoms with E-state index in [1.165, 1.54) is 0 Å². The third-order valence-corrected chi connectivity index (χ3v) is 2.80. The van der Waals surface area contributed by atoms with Crippen LogP contribution in [0.5, 0.6) is 0 Å². The van der Waals surface area contributed by atoms with Gasteiger partial charge in [-0.05, 0) is 12.0 Å². The second-order valence-corrected chi connectivity index (χ2v) is 4.51. The highest BCUT2D eigenvalue weighted by Gasteiger charge is 2.09. The molecule has 1 atom stereocenters. The molecule has 5 nitrogen and oxygen atoms in total. The van der Waals surface area contributed by atoms with Crippen LogP contribution in [0.25, 0.3) is 0 Å². The van der Waals surface area contributed by atoms with Crippen molar-refractivity contribution in [2.24, 2.45) is 0 Å². The Morgan fingerprint density at radius 2 is 1.95 bits per heavy atom. The lowest BCUT2D eigenvalue weighted by atomic mass is 10.2. The lowest BCUT2D eigenvalue weighted by Gasteiger charge is -2.09. The second-order valence-electron chi connectivity index (χ2n) is 4.51. The van der Waals surface area contributed by atoms with Gasteiger partial charge in [0, 0.05) is 13.0 Å². The van der Waals surface area contributed by atoms with Gasteiger partial charge in [-0.2, -0.15) is 0 Å². The van der Waals surface area contributed by atoms with Crippen molar-refractivity contribution >= 4 is 11.9 Å². The number of carbonyl (C=O) groups is 2. The molecule has 5 heteroatoms. The summed E-state index contributed by atoms with van der Waals surface area (Å²) in [4.78, 5) is 22.9. The van der Waals surface area contributed by atoms with Crippen molar-refractivity contribution in [1.82, 2.24) is 5.32 Å². The van der Waals surface area contributed by atoms with Crippen LogP contribution in [0.3, 0.4) is 0 Å². The van der Waals surface area contributed by atoms with Crippen molar-refractivity contribution < 1.29 is 19.4 Å². The highest BCUT2D eigenvalue weighted by molar-refractivity contribution is 5.81. The molecule has 0 fully saturated rings. The fourth-order valence-electron chi connectivity index (χ4n) is 1.48. The highest BCUT2D eigenvalue weighted by atomic mass is 16.5. The second kappa shape index (κ2) is 9.09. The number of aliphatic hydroxyl groups is 1. The quantitative estimate of drug-likeness (QED) is 0.705. The minimum Gasteiger partial charge on any atom is -0.463 e. The van der Waals surface area contributed by atoms with Gasteiger partial charge in [-0.3, -0.25) is 9.59 Å². The number of nitrogens with one attached hydrogen (secondary N) is 1. The van der Waals surface area contributed by atoms with Crippen molar-refractivity contribution in [3.05, 3.63) is 35.9 Å². The Morgan fingerprint density at radius 3 is 2.60 bits per heavy atom. The van der Waals surface area contributed by atoms with Gasteiger partial charge in [-0.25, -0.2) is 0 Å². The normalized spacial score (nSPS) is 11.7. The van der Waals surface area contributed by atoms with E-state index < -0.39 is 12.1 Å². The maximum Gasteiger partial charge on any atom is 0.306 e. The summed E-state index contributed by atoms with van der Waals surface area (Å²) in [5.41, 5.74) is 1.01. The Labute approximate surface area is 118 Å². The van der Waals surface area contributed by atoms with Crippen LogP contribution in [0.15, 0.2) is 30.3 Å². The van der Waals surface area contributed by atoms with Gasteiger partial charge in [0.1, 0.15) is 6.61 Å². The maximum atomic E-state index is 11.5. The lowest BCUT2D eigenvalue weighted by molar-refractivity contribution is -0.147. The lowest BCUT2D eigenvalue weighted by Crippen LogP contribution is -2.24. The fourth-order valence-corrected chi connectivity index (χ4v) is 1.48. The van der Waals surface area contributed by atoms with E-state index in [4.69, 9.17) is 4.74 Å².